The first-order valence-electron chi connectivity index (χ1n) is 9.71. The van der Waals surface area contributed by atoms with Gasteiger partial charge in [-0.25, -0.2) is 13.1 Å². The van der Waals surface area contributed by atoms with Crippen LogP contribution in [0.2, 0.25) is 0 Å². The van der Waals surface area contributed by atoms with E-state index in [1.165, 1.54) is 0 Å². The van der Waals surface area contributed by atoms with E-state index in [0.717, 1.165) is 11.1 Å². The fourth-order valence-corrected chi connectivity index (χ4v) is 4.11. The Kier molecular flexibility index (Phi) is 8.37. The summed E-state index contributed by atoms with van der Waals surface area (Å²) in [4.78, 5) is 12.3. The fourth-order valence-electron chi connectivity index (χ4n) is 2.67. The van der Waals surface area contributed by atoms with Crippen LogP contribution < -0.4 is 10.0 Å². The summed E-state index contributed by atoms with van der Waals surface area (Å²) < 4.78 is 32.1. The van der Waals surface area contributed by atoms with Gasteiger partial charge in [0.2, 0.25) is 10.0 Å². The van der Waals surface area contributed by atoms with E-state index in [1.54, 1.807) is 38.1 Å². The van der Waals surface area contributed by atoms with Crippen molar-refractivity contribution in [3.8, 4) is 0 Å². The second-order valence-electron chi connectivity index (χ2n) is 7.59. The van der Waals surface area contributed by atoms with Crippen LogP contribution in [0.3, 0.4) is 0 Å². The van der Waals surface area contributed by atoms with E-state index in [1.807, 2.05) is 38.1 Å². The lowest BCUT2D eigenvalue weighted by Gasteiger charge is -2.10. The van der Waals surface area contributed by atoms with E-state index in [-0.39, 0.29) is 23.8 Å². The topological polar surface area (TPSA) is 84.5 Å². The van der Waals surface area contributed by atoms with Crippen molar-refractivity contribution in [2.45, 2.75) is 58.7 Å². The first-order chi connectivity index (χ1) is 13.6. The molecule has 7 heteroatoms. The van der Waals surface area contributed by atoms with Gasteiger partial charge in [0.15, 0.2) is 0 Å². The summed E-state index contributed by atoms with van der Waals surface area (Å²) in [5, 5.41) is 2.88. The molecule has 0 radical (unpaired) electrons. The molecule has 0 aliphatic heterocycles. The number of carbonyl (C=O) groups is 1. The number of ether oxygens (including phenoxy) is 1. The smallest absolute Gasteiger partial charge is 0.251 e. The number of carbonyl (C=O) groups excluding carboxylic acids is 1. The van der Waals surface area contributed by atoms with Gasteiger partial charge < -0.3 is 10.1 Å². The highest BCUT2D eigenvalue weighted by atomic mass is 32.2. The molecular weight excluding hydrogens is 388 g/mol. The van der Waals surface area contributed by atoms with E-state index in [0.29, 0.717) is 24.3 Å². The van der Waals surface area contributed by atoms with Crippen molar-refractivity contribution in [3.05, 3.63) is 70.8 Å². The summed E-state index contributed by atoms with van der Waals surface area (Å²) in [6.45, 7) is 8.43. The molecule has 0 aliphatic carbocycles. The Bertz CT molecular complexity index is 889. The quantitative estimate of drug-likeness (QED) is 0.620. The van der Waals surface area contributed by atoms with E-state index in [9.17, 15) is 13.2 Å². The van der Waals surface area contributed by atoms with Crippen molar-refractivity contribution in [2.75, 3.05) is 0 Å². The lowest BCUT2D eigenvalue weighted by molar-refractivity contribution is 0.0657. The van der Waals surface area contributed by atoms with Gasteiger partial charge >= 0.3 is 0 Å². The zero-order valence-electron chi connectivity index (χ0n) is 17.4. The molecule has 0 bridgehead atoms. The van der Waals surface area contributed by atoms with E-state index in [2.05, 4.69) is 10.0 Å². The second-order valence-corrected chi connectivity index (χ2v) is 9.34. The summed E-state index contributed by atoms with van der Waals surface area (Å²) in [6.07, 6.45) is 0.163. The lowest BCUT2D eigenvalue weighted by atomic mass is 10.1. The third kappa shape index (κ3) is 8.35. The Morgan fingerprint density at radius 2 is 1.45 bits per heavy atom. The molecule has 0 unspecified atom stereocenters. The predicted octanol–water partition coefficient (Wildman–Crippen LogP) is 3.37. The Morgan fingerprint density at radius 3 is 2.00 bits per heavy atom. The SMILES string of the molecule is CC(C)NS(=O)(=O)Cc1ccc(CNC(=O)c2ccc(COC(C)C)cc2)cc1. The van der Waals surface area contributed by atoms with E-state index >= 15 is 0 Å². The zero-order chi connectivity index (χ0) is 21.4. The minimum atomic E-state index is -3.35. The number of hydrogen-bond donors (Lipinski definition) is 2. The largest absolute Gasteiger partial charge is 0.374 e. The molecule has 0 saturated carbocycles. The first kappa shape index (κ1) is 23.1. The average Bonchev–Trinajstić information content (AvgIpc) is 2.64. The summed E-state index contributed by atoms with van der Waals surface area (Å²) in [5.74, 6) is -0.223. The van der Waals surface area contributed by atoms with Gasteiger partial charge in [0.05, 0.1) is 18.5 Å². The minimum absolute atomic E-state index is 0.0648. The zero-order valence-corrected chi connectivity index (χ0v) is 18.3. The van der Waals surface area contributed by atoms with Crippen molar-refractivity contribution >= 4 is 15.9 Å². The van der Waals surface area contributed by atoms with Crippen LogP contribution in [-0.2, 0) is 33.7 Å². The molecular formula is C22H30N2O4S. The molecule has 0 fully saturated rings. The van der Waals surface area contributed by atoms with Gasteiger partial charge in [0.25, 0.3) is 5.91 Å². The summed E-state index contributed by atoms with van der Waals surface area (Å²) in [6, 6.07) is 14.4. The van der Waals surface area contributed by atoms with Crippen LogP contribution in [0, 0.1) is 0 Å². The highest BCUT2D eigenvalue weighted by Gasteiger charge is 2.13. The molecule has 0 spiro atoms. The molecule has 0 aromatic heterocycles. The summed E-state index contributed by atoms with van der Waals surface area (Å²) in [5.41, 5.74) is 3.21. The third-order valence-corrected chi connectivity index (χ3v) is 5.59. The van der Waals surface area contributed by atoms with Gasteiger partial charge in [-0.3, -0.25) is 4.79 Å². The van der Waals surface area contributed by atoms with Crippen molar-refractivity contribution < 1.29 is 17.9 Å². The molecule has 29 heavy (non-hydrogen) atoms. The molecule has 0 saturated heterocycles. The first-order valence-corrected chi connectivity index (χ1v) is 11.4. The van der Waals surface area contributed by atoms with Gasteiger partial charge in [-0.2, -0.15) is 0 Å². The molecule has 2 rings (SSSR count). The maximum absolute atomic E-state index is 12.3. The number of rotatable bonds is 10. The molecule has 2 N–H and O–H groups in total. The maximum Gasteiger partial charge on any atom is 0.251 e. The van der Waals surface area contributed by atoms with Gasteiger partial charge in [-0.1, -0.05) is 36.4 Å². The standard InChI is InChI=1S/C22H30N2O4S/c1-16(2)24-29(26,27)15-20-7-5-18(6-8-20)13-23-22(25)21-11-9-19(10-12-21)14-28-17(3)4/h5-12,16-17,24H,13-15H2,1-4H3,(H,23,25). The minimum Gasteiger partial charge on any atom is -0.374 e. The molecule has 2 aromatic carbocycles. The lowest BCUT2D eigenvalue weighted by Crippen LogP contribution is -2.31. The second kappa shape index (κ2) is 10.5. The Balaban J connectivity index is 1.87. The third-order valence-electron chi connectivity index (χ3n) is 4.05. The van der Waals surface area contributed by atoms with Crippen LogP contribution in [0.15, 0.2) is 48.5 Å². The summed E-state index contributed by atoms with van der Waals surface area (Å²) >= 11 is 0. The molecule has 158 valence electrons. The maximum atomic E-state index is 12.3. The van der Waals surface area contributed by atoms with E-state index in [4.69, 9.17) is 4.74 Å². The van der Waals surface area contributed by atoms with Crippen molar-refractivity contribution in [1.29, 1.82) is 0 Å². The van der Waals surface area contributed by atoms with Crippen LogP contribution in [0.1, 0.15) is 54.7 Å². The van der Waals surface area contributed by atoms with Gasteiger partial charge in [-0.05, 0) is 56.5 Å². The number of hydrogen-bond acceptors (Lipinski definition) is 4. The molecule has 0 heterocycles. The Morgan fingerprint density at radius 1 is 0.897 bits per heavy atom. The number of sulfonamides is 1. The molecule has 1 amide bonds. The van der Waals surface area contributed by atoms with Crippen LogP contribution in [0.25, 0.3) is 0 Å². The number of amides is 1. The summed E-state index contributed by atoms with van der Waals surface area (Å²) in [7, 11) is -3.35. The fraction of sp³-hybridized carbons (Fsp3) is 0.409. The molecule has 6 nitrogen and oxygen atoms in total. The van der Waals surface area contributed by atoms with Crippen LogP contribution in [-0.4, -0.2) is 26.5 Å². The highest BCUT2D eigenvalue weighted by molar-refractivity contribution is 7.88. The van der Waals surface area contributed by atoms with E-state index < -0.39 is 10.0 Å². The van der Waals surface area contributed by atoms with Gasteiger partial charge in [-0.15, -0.1) is 0 Å². The monoisotopic (exact) mass is 418 g/mol. The Labute approximate surface area is 173 Å². The van der Waals surface area contributed by atoms with Crippen molar-refractivity contribution in [2.24, 2.45) is 0 Å². The van der Waals surface area contributed by atoms with Crippen LogP contribution in [0.5, 0.6) is 0 Å². The number of nitrogens with one attached hydrogen (secondary N) is 2. The van der Waals surface area contributed by atoms with Gasteiger partial charge in [0.1, 0.15) is 0 Å². The normalized spacial score (nSPS) is 11.8. The molecule has 2 aromatic rings. The van der Waals surface area contributed by atoms with Crippen molar-refractivity contribution in [3.63, 3.8) is 0 Å². The van der Waals surface area contributed by atoms with Crippen molar-refractivity contribution in [1.82, 2.24) is 10.0 Å². The Hall–Kier alpha value is -2.22. The highest BCUT2D eigenvalue weighted by Crippen LogP contribution is 2.10. The van der Waals surface area contributed by atoms with Crippen LogP contribution >= 0.6 is 0 Å². The van der Waals surface area contributed by atoms with Crippen LogP contribution in [0.4, 0.5) is 0 Å². The predicted molar refractivity (Wildman–Crippen MR) is 115 cm³/mol. The average molecular weight is 419 g/mol. The number of benzene rings is 2. The molecule has 0 aliphatic rings. The van der Waals surface area contributed by atoms with Gasteiger partial charge in [0, 0.05) is 18.2 Å². The molecule has 0 atom stereocenters.